The molecular weight excluding hydrogens is 132 g/mol. The van der Waals surface area contributed by atoms with Crippen LogP contribution in [0, 0.1) is 18.3 Å². The lowest BCUT2D eigenvalue weighted by Gasteiger charge is -2.20. The standard InChI is InChI=1S/C11H21/c1-6-8-11(4,5)9-7-10(2)3/h6,8,10H,2,7,9H2,1,3-5H3/b8-6+. The minimum Gasteiger partial charge on any atom is -0.0911 e. The zero-order valence-electron chi connectivity index (χ0n) is 8.35. The van der Waals surface area contributed by atoms with E-state index < -0.39 is 0 Å². The maximum atomic E-state index is 3.98. The molecule has 0 aromatic rings. The van der Waals surface area contributed by atoms with Crippen LogP contribution in [-0.2, 0) is 0 Å². The van der Waals surface area contributed by atoms with Crippen molar-refractivity contribution in [1.82, 2.24) is 0 Å². The molecule has 0 heteroatoms. The van der Waals surface area contributed by atoms with Crippen LogP contribution >= 0.6 is 0 Å². The van der Waals surface area contributed by atoms with Gasteiger partial charge in [-0.2, -0.15) is 0 Å². The largest absolute Gasteiger partial charge is 0.0911 e. The highest BCUT2D eigenvalue weighted by Gasteiger charge is 2.13. The van der Waals surface area contributed by atoms with Crippen LogP contribution in [0.5, 0.6) is 0 Å². The fourth-order valence-electron chi connectivity index (χ4n) is 1.15. The van der Waals surface area contributed by atoms with E-state index in [1.54, 1.807) is 0 Å². The maximum absolute atomic E-state index is 3.98. The first-order valence-electron chi connectivity index (χ1n) is 4.45. The lowest BCUT2D eigenvalue weighted by molar-refractivity contribution is 0.395. The molecule has 0 spiro atoms. The van der Waals surface area contributed by atoms with Crippen molar-refractivity contribution in [2.24, 2.45) is 11.3 Å². The Balaban J connectivity index is 3.72. The van der Waals surface area contributed by atoms with Gasteiger partial charge < -0.3 is 0 Å². The second kappa shape index (κ2) is 4.58. The number of allylic oxidation sites excluding steroid dienone is 2. The van der Waals surface area contributed by atoms with Gasteiger partial charge in [0, 0.05) is 0 Å². The molecule has 0 aromatic heterocycles. The van der Waals surface area contributed by atoms with Crippen LogP contribution in [0.2, 0.25) is 0 Å². The molecule has 1 unspecified atom stereocenters. The van der Waals surface area contributed by atoms with Gasteiger partial charge in [0.05, 0.1) is 0 Å². The lowest BCUT2D eigenvalue weighted by atomic mass is 9.85. The smallest absolute Gasteiger partial charge is 0.0175 e. The van der Waals surface area contributed by atoms with E-state index in [1.807, 2.05) is 0 Å². The Labute approximate surface area is 71.7 Å². The van der Waals surface area contributed by atoms with Crippen molar-refractivity contribution in [2.45, 2.75) is 40.5 Å². The Kier molecular flexibility index (Phi) is 4.48. The Morgan fingerprint density at radius 1 is 1.45 bits per heavy atom. The van der Waals surface area contributed by atoms with Crippen LogP contribution < -0.4 is 0 Å². The molecular formula is C11H21. The van der Waals surface area contributed by atoms with E-state index in [2.05, 4.69) is 46.8 Å². The van der Waals surface area contributed by atoms with Crippen molar-refractivity contribution in [3.63, 3.8) is 0 Å². The summed E-state index contributed by atoms with van der Waals surface area (Å²) in [6, 6.07) is 0. The molecule has 0 bridgehead atoms. The highest BCUT2D eigenvalue weighted by molar-refractivity contribution is 4.92. The van der Waals surface area contributed by atoms with E-state index in [-0.39, 0.29) is 0 Å². The van der Waals surface area contributed by atoms with Gasteiger partial charge in [0.2, 0.25) is 0 Å². The van der Waals surface area contributed by atoms with Crippen molar-refractivity contribution in [2.75, 3.05) is 0 Å². The van der Waals surface area contributed by atoms with Crippen molar-refractivity contribution < 1.29 is 0 Å². The van der Waals surface area contributed by atoms with Crippen LogP contribution in [0.3, 0.4) is 0 Å². The lowest BCUT2D eigenvalue weighted by Crippen LogP contribution is -2.08. The summed E-state index contributed by atoms with van der Waals surface area (Å²) in [6.07, 6.45) is 6.86. The molecule has 0 aliphatic rings. The molecule has 11 heavy (non-hydrogen) atoms. The van der Waals surface area contributed by atoms with Crippen molar-refractivity contribution in [3.05, 3.63) is 19.1 Å². The molecule has 0 aliphatic heterocycles. The highest BCUT2D eigenvalue weighted by Crippen LogP contribution is 2.25. The summed E-state index contributed by atoms with van der Waals surface area (Å²) < 4.78 is 0. The van der Waals surface area contributed by atoms with E-state index in [4.69, 9.17) is 0 Å². The van der Waals surface area contributed by atoms with E-state index in [0.29, 0.717) is 11.3 Å². The molecule has 0 amide bonds. The minimum absolute atomic E-state index is 0.362. The summed E-state index contributed by atoms with van der Waals surface area (Å²) in [6.45, 7) is 12.8. The molecule has 1 radical (unpaired) electrons. The molecule has 0 N–H and O–H groups in total. The van der Waals surface area contributed by atoms with E-state index in [1.165, 1.54) is 12.8 Å². The summed E-state index contributed by atoms with van der Waals surface area (Å²) in [4.78, 5) is 0. The molecule has 0 heterocycles. The van der Waals surface area contributed by atoms with Gasteiger partial charge in [-0.1, -0.05) is 39.8 Å². The fraction of sp³-hybridized carbons (Fsp3) is 0.727. The minimum atomic E-state index is 0.362. The Morgan fingerprint density at radius 2 is 2.00 bits per heavy atom. The molecule has 1 atom stereocenters. The number of hydrogen-bond acceptors (Lipinski definition) is 0. The summed E-state index contributed by atoms with van der Waals surface area (Å²) >= 11 is 0. The number of rotatable bonds is 4. The molecule has 0 fully saturated rings. The van der Waals surface area contributed by atoms with Gasteiger partial charge in [0.15, 0.2) is 0 Å². The first kappa shape index (κ1) is 10.7. The fourth-order valence-corrected chi connectivity index (χ4v) is 1.15. The summed E-state index contributed by atoms with van der Waals surface area (Å²) in [5.41, 5.74) is 0.362. The van der Waals surface area contributed by atoms with E-state index in [0.717, 1.165) is 0 Å². The van der Waals surface area contributed by atoms with E-state index >= 15 is 0 Å². The van der Waals surface area contributed by atoms with Gasteiger partial charge in [0.25, 0.3) is 0 Å². The molecule has 65 valence electrons. The molecule has 0 rings (SSSR count). The first-order valence-corrected chi connectivity index (χ1v) is 4.45. The van der Waals surface area contributed by atoms with E-state index in [9.17, 15) is 0 Å². The monoisotopic (exact) mass is 153 g/mol. The molecule has 0 saturated heterocycles. The highest BCUT2D eigenvalue weighted by atomic mass is 14.2. The third kappa shape index (κ3) is 6.15. The predicted molar refractivity (Wildman–Crippen MR) is 52.4 cm³/mol. The van der Waals surface area contributed by atoms with Gasteiger partial charge in [0.1, 0.15) is 0 Å². The maximum Gasteiger partial charge on any atom is -0.0175 e. The van der Waals surface area contributed by atoms with Gasteiger partial charge in [-0.05, 0) is 31.1 Å². The Morgan fingerprint density at radius 3 is 2.36 bits per heavy atom. The summed E-state index contributed by atoms with van der Waals surface area (Å²) in [5, 5.41) is 0. The summed E-state index contributed by atoms with van der Waals surface area (Å²) in [7, 11) is 0. The van der Waals surface area contributed by atoms with Gasteiger partial charge in [-0.25, -0.2) is 0 Å². The van der Waals surface area contributed by atoms with Crippen LogP contribution in [0.1, 0.15) is 40.5 Å². The van der Waals surface area contributed by atoms with Crippen molar-refractivity contribution in [3.8, 4) is 0 Å². The zero-order valence-corrected chi connectivity index (χ0v) is 8.35. The molecule has 0 nitrogen and oxygen atoms in total. The van der Waals surface area contributed by atoms with Gasteiger partial charge >= 0.3 is 0 Å². The normalized spacial score (nSPS) is 13.3. The van der Waals surface area contributed by atoms with Gasteiger partial charge in [-0.3, -0.25) is 0 Å². The van der Waals surface area contributed by atoms with Crippen molar-refractivity contribution >= 4 is 0 Å². The second-order valence-corrected chi connectivity index (χ2v) is 4.13. The van der Waals surface area contributed by atoms with Crippen LogP contribution in [0.15, 0.2) is 12.2 Å². The topological polar surface area (TPSA) is 0 Å². The Hall–Kier alpha value is -0.260. The average molecular weight is 153 g/mol. The van der Waals surface area contributed by atoms with Gasteiger partial charge in [-0.15, -0.1) is 0 Å². The molecule has 0 aromatic carbocycles. The average Bonchev–Trinajstić information content (AvgIpc) is 1.84. The third-order valence-corrected chi connectivity index (χ3v) is 1.90. The van der Waals surface area contributed by atoms with Crippen molar-refractivity contribution in [1.29, 1.82) is 0 Å². The molecule has 0 saturated carbocycles. The zero-order chi connectivity index (χ0) is 8.91. The number of hydrogen-bond donors (Lipinski definition) is 0. The second-order valence-electron chi connectivity index (χ2n) is 4.13. The third-order valence-electron chi connectivity index (χ3n) is 1.90. The van der Waals surface area contributed by atoms with Crippen LogP contribution in [0.4, 0.5) is 0 Å². The first-order chi connectivity index (χ1) is 4.98. The Bertz CT molecular complexity index is 118. The quantitative estimate of drug-likeness (QED) is 0.538. The summed E-state index contributed by atoms with van der Waals surface area (Å²) in [5.74, 6) is 0.583. The van der Waals surface area contributed by atoms with Crippen LogP contribution in [-0.4, -0.2) is 0 Å². The SMILES string of the molecule is [CH2]C(C)CCC(C)(C)/C=C/C. The van der Waals surface area contributed by atoms with Crippen LogP contribution in [0.25, 0.3) is 0 Å². The molecule has 0 aliphatic carbocycles. The predicted octanol–water partition coefficient (Wildman–Crippen LogP) is 3.84.